The third-order valence-corrected chi connectivity index (χ3v) is 2.60. The average molecular weight is 257 g/mol. The van der Waals surface area contributed by atoms with Crippen LogP contribution in [0.15, 0.2) is 18.2 Å². The van der Waals surface area contributed by atoms with E-state index in [1.807, 2.05) is 13.8 Å². The number of alkyl halides is 1. The Morgan fingerprint density at radius 3 is 2.64 bits per heavy atom. The number of carbonyl (C=O) groups is 1. The second-order valence-electron chi connectivity index (χ2n) is 3.49. The summed E-state index contributed by atoms with van der Waals surface area (Å²) in [5.41, 5.74) is 1.46. The van der Waals surface area contributed by atoms with Crippen LogP contribution < -0.4 is 0 Å². The summed E-state index contributed by atoms with van der Waals surface area (Å²) in [6.45, 7) is 3.97. The standard InChI is InChI=1S/C11H13BrO2/c1-7(2)9-5-8(11(14)6-12)3-4-10(9)13/h3-5,7,13H,6H2,1-2H3. The number of carbonyl (C=O) groups excluding carboxylic acids is 1. The van der Waals surface area contributed by atoms with Gasteiger partial charge in [0.05, 0.1) is 5.33 Å². The molecule has 0 unspecified atom stereocenters. The lowest BCUT2D eigenvalue weighted by molar-refractivity contribution is 0.102. The molecule has 1 aromatic rings. The molecule has 0 radical (unpaired) electrons. The topological polar surface area (TPSA) is 37.3 Å². The summed E-state index contributed by atoms with van der Waals surface area (Å²) < 4.78 is 0. The maximum Gasteiger partial charge on any atom is 0.173 e. The molecule has 0 aliphatic carbocycles. The first kappa shape index (κ1) is 11.2. The highest BCUT2D eigenvalue weighted by Crippen LogP contribution is 2.26. The number of Topliss-reactive ketones (excluding diaryl/α,β-unsaturated/α-hetero) is 1. The van der Waals surface area contributed by atoms with E-state index in [2.05, 4.69) is 15.9 Å². The fourth-order valence-electron chi connectivity index (χ4n) is 1.27. The molecule has 0 bridgehead atoms. The number of aromatic hydroxyl groups is 1. The van der Waals surface area contributed by atoms with Gasteiger partial charge < -0.3 is 5.11 Å². The minimum Gasteiger partial charge on any atom is -0.508 e. The van der Waals surface area contributed by atoms with Gasteiger partial charge in [0.25, 0.3) is 0 Å². The molecule has 0 atom stereocenters. The molecule has 0 aliphatic heterocycles. The average Bonchev–Trinajstić information content (AvgIpc) is 2.17. The third kappa shape index (κ3) is 2.35. The molecule has 76 valence electrons. The van der Waals surface area contributed by atoms with Crippen molar-refractivity contribution in [1.82, 2.24) is 0 Å². The molecule has 0 saturated heterocycles. The third-order valence-electron chi connectivity index (χ3n) is 2.09. The molecule has 3 heteroatoms. The van der Waals surface area contributed by atoms with Gasteiger partial charge in [-0.3, -0.25) is 4.79 Å². The quantitative estimate of drug-likeness (QED) is 0.667. The number of ketones is 1. The zero-order chi connectivity index (χ0) is 10.7. The summed E-state index contributed by atoms with van der Waals surface area (Å²) in [6.07, 6.45) is 0. The van der Waals surface area contributed by atoms with Crippen LogP contribution in [-0.4, -0.2) is 16.2 Å². The normalized spacial score (nSPS) is 10.6. The largest absolute Gasteiger partial charge is 0.508 e. The second kappa shape index (κ2) is 4.60. The highest BCUT2D eigenvalue weighted by Gasteiger charge is 2.10. The van der Waals surface area contributed by atoms with Gasteiger partial charge in [-0.25, -0.2) is 0 Å². The van der Waals surface area contributed by atoms with Crippen molar-refractivity contribution in [3.8, 4) is 5.75 Å². The number of halogens is 1. The van der Waals surface area contributed by atoms with Gasteiger partial charge in [-0.05, 0) is 29.7 Å². The number of hydrogen-bond donors (Lipinski definition) is 1. The lowest BCUT2D eigenvalue weighted by Crippen LogP contribution is -2.01. The number of rotatable bonds is 3. The molecule has 0 aliphatic rings. The summed E-state index contributed by atoms with van der Waals surface area (Å²) >= 11 is 3.12. The summed E-state index contributed by atoms with van der Waals surface area (Å²) in [5, 5.41) is 9.85. The van der Waals surface area contributed by atoms with Crippen molar-refractivity contribution in [2.75, 3.05) is 5.33 Å². The molecule has 2 nitrogen and oxygen atoms in total. The lowest BCUT2D eigenvalue weighted by Gasteiger charge is -2.09. The molecule has 0 saturated carbocycles. The van der Waals surface area contributed by atoms with E-state index < -0.39 is 0 Å². The summed E-state index contributed by atoms with van der Waals surface area (Å²) in [4.78, 5) is 11.4. The van der Waals surface area contributed by atoms with Crippen LogP contribution in [-0.2, 0) is 0 Å². The summed E-state index contributed by atoms with van der Waals surface area (Å²) in [5.74, 6) is 0.510. The van der Waals surface area contributed by atoms with Crippen LogP contribution >= 0.6 is 15.9 Å². The van der Waals surface area contributed by atoms with E-state index in [-0.39, 0.29) is 17.5 Å². The zero-order valence-electron chi connectivity index (χ0n) is 8.25. The van der Waals surface area contributed by atoms with Crippen molar-refractivity contribution in [1.29, 1.82) is 0 Å². The van der Waals surface area contributed by atoms with E-state index in [9.17, 15) is 9.90 Å². The number of phenols is 1. The maximum atomic E-state index is 11.4. The molecule has 14 heavy (non-hydrogen) atoms. The van der Waals surface area contributed by atoms with Gasteiger partial charge in [0.1, 0.15) is 5.75 Å². The van der Waals surface area contributed by atoms with E-state index in [1.165, 1.54) is 0 Å². The van der Waals surface area contributed by atoms with Crippen LogP contribution in [0.25, 0.3) is 0 Å². The molecule has 0 heterocycles. The molecule has 0 aromatic heterocycles. The van der Waals surface area contributed by atoms with E-state index in [0.717, 1.165) is 5.56 Å². The van der Waals surface area contributed by atoms with Crippen LogP contribution in [0, 0.1) is 0 Å². The number of hydrogen-bond acceptors (Lipinski definition) is 2. The molecule has 0 spiro atoms. The Kier molecular flexibility index (Phi) is 3.69. The predicted octanol–water partition coefficient (Wildman–Crippen LogP) is 3.09. The van der Waals surface area contributed by atoms with Crippen LogP contribution in [0.5, 0.6) is 5.75 Å². The first-order valence-electron chi connectivity index (χ1n) is 4.48. The molecule has 1 N–H and O–H groups in total. The van der Waals surface area contributed by atoms with Crippen LogP contribution in [0.2, 0.25) is 0 Å². The van der Waals surface area contributed by atoms with Crippen molar-refractivity contribution in [3.05, 3.63) is 29.3 Å². The highest BCUT2D eigenvalue weighted by atomic mass is 79.9. The van der Waals surface area contributed by atoms with Gasteiger partial charge >= 0.3 is 0 Å². The number of benzene rings is 1. The van der Waals surface area contributed by atoms with E-state index in [4.69, 9.17) is 0 Å². The Hall–Kier alpha value is -0.830. The predicted molar refractivity (Wildman–Crippen MR) is 60.3 cm³/mol. The molecule has 0 amide bonds. The Labute approximate surface area is 92.1 Å². The fourth-order valence-corrected chi connectivity index (χ4v) is 1.59. The smallest absolute Gasteiger partial charge is 0.173 e. The van der Waals surface area contributed by atoms with E-state index in [1.54, 1.807) is 18.2 Å². The monoisotopic (exact) mass is 256 g/mol. The van der Waals surface area contributed by atoms with Gasteiger partial charge in [-0.15, -0.1) is 0 Å². The zero-order valence-corrected chi connectivity index (χ0v) is 9.84. The molecule has 1 aromatic carbocycles. The van der Waals surface area contributed by atoms with Crippen molar-refractivity contribution >= 4 is 21.7 Å². The Morgan fingerprint density at radius 2 is 2.14 bits per heavy atom. The first-order valence-corrected chi connectivity index (χ1v) is 5.60. The van der Waals surface area contributed by atoms with Crippen molar-refractivity contribution in [3.63, 3.8) is 0 Å². The molecular weight excluding hydrogens is 244 g/mol. The highest BCUT2D eigenvalue weighted by molar-refractivity contribution is 9.09. The Bertz CT molecular complexity index is 345. The molecule has 0 fully saturated rings. The van der Waals surface area contributed by atoms with Gasteiger partial charge in [0.15, 0.2) is 5.78 Å². The minimum absolute atomic E-state index is 0.0342. The van der Waals surface area contributed by atoms with Gasteiger partial charge in [0.2, 0.25) is 0 Å². The second-order valence-corrected chi connectivity index (χ2v) is 4.05. The van der Waals surface area contributed by atoms with E-state index in [0.29, 0.717) is 10.9 Å². The fraction of sp³-hybridized carbons (Fsp3) is 0.364. The number of phenolic OH excluding ortho intramolecular Hbond substituents is 1. The SMILES string of the molecule is CC(C)c1cc(C(=O)CBr)ccc1O. The summed E-state index contributed by atoms with van der Waals surface area (Å²) in [6, 6.07) is 4.97. The van der Waals surface area contributed by atoms with Gasteiger partial charge in [-0.1, -0.05) is 29.8 Å². The van der Waals surface area contributed by atoms with Crippen molar-refractivity contribution in [2.24, 2.45) is 0 Å². The first-order chi connectivity index (χ1) is 6.56. The van der Waals surface area contributed by atoms with E-state index >= 15 is 0 Å². The van der Waals surface area contributed by atoms with Crippen LogP contribution in [0.4, 0.5) is 0 Å². The molecular formula is C11H13BrO2. The van der Waals surface area contributed by atoms with Crippen LogP contribution in [0.3, 0.4) is 0 Å². The van der Waals surface area contributed by atoms with Gasteiger partial charge in [0, 0.05) is 5.56 Å². The maximum absolute atomic E-state index is 11.4. The van der Waals surface area contributed by atoms with Gasteiger partial charge in [-0.2, -0.15) is 0 Å². The molecule has 1 rings (SSSR count). The van der Waals surface area contributed by atoms with Crippen LogP contribution in [0.1, 0.15) is 35.7 Å². The summed E-state index contributed by atoms with van der Waals surface area (Å²) in [7, 11) is 0. The van der Waals surface area contributed by atoms with Crippen molar-refractivity contribution < 1.29 is 9.90 Å². The van der Waals surface area contributed by atoms with Crippen molar-refractivity contribution in [2.45, 2.75) is 19.8 Å². The Morgan fingerprint density at radius 1 is 1.50 bits per heavy atom. The Balaban J connectivity index is 3.13. The minimum atomic E-state index is 0.0342. The lowest BCUT2D eigenvalue weighted by atomic mass is 9.98.